The Bertz CT molecular complexity index is 496. The van der Waals surface area contributed by atoms with Gasteiger partial charge in [-0.15, -0.1) is 11.3 Å². The lowest BCUT2D eigenvalue weighted by molar-refractivity contribution is 0.299. The van der Waals surface area contributed by atoms with Crippen LogP contribution in [0.25, 0.3) is 10.4 Å². The van der Waals surface area contributed by atoms with Crippen molar-refractivity contribution < 1.29 is 9.50 Å². The number of thiazole rings is 1. The highest BCUT2D eigenvalue weighted by Crippen LogP contribution is 2.31. The number of halogens is 1. The molecule has 0 radical (unpaired) electrons. The van der Waals surface area contributed by atoms with Gasteiger partial charge in [-0.1, -0.05) is 18.2 Å². The van der Waals surface area contributed by atoms with Gasteiger partial charge in [-0.25, -0.2) is 9.37 Å². The molecule has 2 aromatic rings. The molecular formula is C12H12FNOS. The van der Waals surface area contributed by atoms with Crippen molar-refractivity contribution in [2.24, 2.45) is 0 Å². The van der Waals surface area contributed by atoms with Gasteiger partial charge in [0.1, 0.15) is 5.82 Å². The van der Waals surface area contributed by atoms with Gasteiger partial charge in [0.25, 0.3) is 0 Å². The van der Waals surface area contributed by atoms with Crippen LogP contribution in [-0.4, -0.2) is 16.7 Å². The summed E-state index contributed by atoms with van der Waals surface area (Å²) in [7, 11) is 0. The van der Waals surface area contributed by atoms with Gasteiger partial charge in [-0.3, -0.25) is 0 Å². The van der Waals surface area contributed by atoms with Crippen LogP contribution in [0.3, 0.4) is 0 Å². The molecule has 1 aromatic heterocycles. The van der Waals surface area contributed by atoms with Crippen molar-refractivity contribution in [3.8, 4) is 10.4 Å². The van der Waals surface area contributed by atoms with Gasteiger partial charge in [-0.05, 0) is 13.0 Å². The lowest BCUT2D eigenvalue weighted by atomic mass is 10.1. The van der Waals surface area contributed by atoms with Gasteiger partial charge in [0, 0.05) is 18.6 Å². The van der Waals surface area contributed by atoms with Gasteiger partial charge in [0.05, 0.1) is 15.6 Å². The predicted octanol–water partition coefficient (Wildman–Crippen LogP) is 2.79. The molecule has 4 heteroatoms. The number of hydrogen-bond donors (Lipinski definition) is 1. The predicted molar refractivity (Wildman–Crippen MR) is 63.0 cm³/mol. The zero-order valence-electron chi connectivity index (χ0n) is 8.90. The van der Waals surface area contributed by atoms with E-state index in [0.717, 1.165) is 15.6 Å². The molecule has 1 N–H and O–H groups in total. The quantitative estimate of drug-likeness (QED) is 0.890. The second-order valence-electron chi connectivity index (χ2n) is 3.48. The summed E-state index contributed by atoms with van der Waals surface area (Å²) in [6.45, 7) is 1.93. The van der Waals surface area contributed by atoms with Gasteiger partial charge in [0.15, 0.2) is 0 Å². The fourth-order valence-corrected chi connectivity index (χ4v) is 2.63. The molecule has 0 aliphatic heterocycles. The van der Waals surface area contributed by atoms with E-state index in [0.29, 0.717) is 12.0 Å². The van der Waals surface area contributed by atoms with Crippen LogP contribution < -0.4 is 0 Å². The maximum atomic E-state index is 13.6. The topological polar surface area (TPSA) is 33.1 Å². The first-order valence-electron chi connectivity index (χ1n) is 5.04. The molecule has 16 heavy (non-hydrogen) atoms. The van der Waals surface area contributed by atoms with Gasteiger partial charge in [0.2, 0.25) is 0 Å². The molecule has 0 saturated carbocycles. The number of aryl methyl sites for hydroxylation is 1. The van der Waals surface area contributed by atoms with Crippen molar-refractivity contribution in [2.45, 2.75) is 13.3 Å². The Hall–Kier alpha value is -1.26. The number of benzene rings is 1. The number of aliphatic hydroxyl groups is 1. The highest BCUT2D eigenvalue weighted by Gasteiger charge is 2.12. The summed E-state index contributed by atoms with van der Waals surface area (Å²) in [4.78, 5) is 5.16. The molecule has 1 aromatic carbocycles. The maximum Gasteiger partial charge on any atom is 0.131 e. The zero-order chi connectivity index (χ0) is 11.5. The van der Waals surface area contributed by atoms with Crippen LogP contribution in [0.2, 0.25) is 0 Å². The van der Waals surface area contributed by atoms with Crippen LogP contribution in [0.15, 0.2) is 24.3 Å². The maximum absolute atomic E-state index is 13.6. The molecule has 0 aliphatic carbocycles. The van der Waals surface area contributed by atoms with Crippen molar-refractivity contribution in [2.75, 3.05) is 6.61 Å². The summed E-state index contributed by atoms with van der Waals surface area (Å²) in [5.41, 5.74) is 1.40. The number of aliphatic hydroxyl groups excluding tert-OH is 1. The first kappa shape index (κ1) is 11.2. The van der Waals surface area contributed by atoms with Crippen LogP contribution in [0.4, 0.5) is 4.39 Å². The minimum Gasteiger partial charge on any atom is -0.396 e. The highest BCUT2D eigenvalue weighted by atomic mass is 32.1. The van der Waals surface area contributed by atoms with E-state index in [2.05, 4.69) is 4.98 Å². The third kappa shape index (κ3) is 2.13. The average molecular weight is 237 g/mol. The first-order valence-corrected chi connectivity index (χ1v) is 5.86. The third-order valence-corrected chi connectivity index (χ3v) is 3.54. The van der Waals surface area contributed by atoms with Crippen LogP contribution in [0.1, 0.15) is 10.7 Å². The van der Waals surface area contributed by atoms with Gasteiger partial charge in [-0.2, -0.15) is 0 Å². The van der Waals surface area contributed by atoms with Crippen molar-refractivity contribution >= 4 is 11.3 Å². The van der Waals surface area contributed by atoms with Crippen molar-refractivity contribution in [3.63, 3.8) is 0 Å². The van der Waals surface area contributed by atoms with E-state index < -0.39 is 0 Å². The number of aromatic nitrogens is 1. The molecule has 0 aliphatic rings. The van der Waals surface area contributed by atoms with E-state index in [-0.39, 0.29) is 12.4 Å². The normalized spacial score (nSPS) is 10.7. The van der Waals surface area contributed by atoms with Gasteiger partial charge >= 0.3 is 0 Å². The van der Waals surface area contributed by atoms with Crippen LogP contribution >= 0.6 is 11.3 Å². The van der Waals surface area contributed by atoms with E-state index in [1.165, 1.54) is 17.4 Å². The largest absolute Gasteiger partial charge is 0.396 e. The lowest BCUT2D eigenvalue weighted by Crippen LogP contribution is -1.88. The summed E-state index contributed by atoms with van der Waals surface area (Å²) in [5.74, 6) is -0.232. The third-order valence-electron chi connectivity index (χ3n) is 2.29. The molecule has 0 fully saturated rings. The van der Waals surface area contributed by atoms with Crippen LogP contribution in [-0.2, 0) is 6.42 Å². The molecule has 2 nitrogen and oxygen atoms in total. The SMILES string of the molecule is Cc1nc(CCO)sc1-c1ccccc1F. The summed E-state index contributed by atoms with van der Waals surface area (Å²) in [6, 6.07) is 6.67. The number of rotatable bonds is 3. The monoisotopic (exact) mass is 237 g/mol. The van der Waals surface area contributed by atoms with Crippen LogP contribution in [0.5, 0.6) is 0 Å². The molecule has 0 atom stereocenters. The molecule has 0 spiro atoms. The first-order chi connectivity index (χ1) is 7.72. The molecule has 0 amide bonds. The Labute approximate surface area is 97.4 Å². The zero-order valence-corrected chi connectivity index (χ0v) is 9.72. The summed E-state index contributed by atoms with van der Waals surface area (Å²) >= 11 is 1.44. The lowest BCUT2D eigenvalue weighted by Gasteiger charge is -1.99. The van der Waals surface area contributed by atoms with E-state index in [9.17, 15) is 4.39 Å². The second-order valence-corrected chi connectivity index (χ2v) is 4.56. The Morgan fingerprint density at radius 3 is 2.81 bits per heavy atom. The Balaban J connectivity index is 2.44. The van der Waals surface area contributed by atoms with Crippen LogP contribution in [0, 0.1) is 12.7 Å². The van der Waals surface area contributed by atoms with Crippen molar-refractivity contribution in [1.29, 1.82) is 0 Å². The second kappa shape index (κ2) is 4.72. The molecule has 0 unspecified atom stereocenters. The smallest absolute Gasteiger partial charge is 0.131 e. The van der Waals surface area contributed by atoms with Crippen molar-refractivity contribution in [1.82, 2.24) is 4.98 Å². The molecule has 0 bridgehead atoms. The Kier molecular flexibility index (Phi) is 3.31. The number of nitrogens with zero attached hydrogens (tertiary/aromatic N) is 1. The fraction of sp³-hybridized carbons (Fsp3) is 0.250. The summed E-state index contributed by atoms with van der Waals surface area (Å²) in [5, 5.41) is 9.68. The Morgan fingerprint density at radius 1 is 1.38 bits per heavy atom. The minimum atomic E-state index is -0.232. The van der Waals surface area contributed by atoms with Gasteiger partial charge < -0.3 is 5.11 Å². The fourth-order valence-electron chi connectivity index (χ4n) is 1.55. The van der Waals surface area contributed by atoms with E-state index >= 15 is 0 Å². The molecular weight excluding hydrogens is 225 g/mol. The molecule has 0 saturated heterocycles. The van der Waals surface area contributed by atoms with Crippen molar-refractivity contribution in [3.05, 3.63) is 40.8 Å². The number of hydrogen-bond acceptors (Lipinski definition) is 3. The van der Waals surface area contributed by atoms with E-state index in [1.54, 1.807) is 12.1 Å². The molecule has 84 valence electrons. The summed E-state index contributed by atoms with van der Waals surface area (Å²) < 4.78 is 13.6. The standard InChI is InChI=1S/C12H12FNOS/c1-8-12(16-11(14-8)6-7-15)9-4-2-3-5-10(9)13/h2-5,15H,6-7H2,1H3. The molecule has 1 heterocycles. The summed E-state index contributed by atoms with van der Waals surface area (Å²) in [6.07, 6.45) is 0.528. The van der Waals surface area contributed by atoms with E-state index in [1.807, 2.05) is 13.0 Å². The minimum absolute atomic E-state index is 0.0731. The Morgan fingerprint density at radius 2 is 2.12 bits per heavy atom. The molecule has 2 rings (SSSR count). The van der Waals surface area contributed by atoms with E-state index in [4.69, 9.17) is 5.11 Å². The average Bonchev–Trinajstić information content (AvgIpc) is 2.61. The highest BCUT2D eigenvalue weighted by molar-refractivity contribution is 7.15.